The average Bonchev–Trinajstić information content (AvgIpc) is 2.87. The molecule has 4 nitrogen and oxygen atoms in total. The number of halogens is 3. The van der Waals surface area contributed by atoms with E-state index in [1.165, 1.54) is 23.1 Å². The highest BCUT2D eigenvalue weighted by Crippen LogP contribution is 2.32. The zero-order valence-electron chi connectivity index (χ0n) is 11.2. The normalized spacial score (nSPS) is 18.8. The SMILES string of the molecule is NC(=O)[C@@H]1CCCN1C(=O)Cc1ccccc1C(F)(F)F. The molecule has 0 aromatic heterocycles. The third kappa shape index (κ3) is 3.34. The van der Waals surface area contributed by atoms with Crippen LogP contribution in [0.1, 0.15) is 24.0 Å². The van der Waals surface area contributed by atoms with Crippen LogP contribution in [0.3, 0.4) is 0 Å². The van der Waals surface area contributed by atoms with Crippen molar-refractivity contribution in [1.29, 1.82) is 0 Å². The molecule has 1 fully saturated rings. The number of benzene rings is 1. The number of carbonyl (C=O) groups is 2. The van der Waals surface area contributed by atoms with Gasteiger partial charge in [0.2, 0.25) is 11.8 Å². The van der Waals surface area contributed by atoms with Crippen molar-refractivity contribution >= 4 is 11.8 Å². The molecule has 1 heterocycles. The quantitative estimate of drug-likeness (QED) is 0.924. The number of alkyl halides is 3. The molecule has 1 saturated heterocycles. The lowest BCUT2D eigenvalue weighted by Gasteiger charge is -2.23. The molecule has 1 atom stereocenters. The third-order valence-corrected chi connectivity index (χ3v) is 3.57. The minimum absolute atomic E-state index is 0.0925. The number of nitrogens with two attached hydrogens (primary N) is 1. The van der Waals surface area contributed by atoms with Gasteiger partial charge < -0.3 is 10.6 Å². The minimum Gasteiger partial charge on any atom is -0.368 e. The van der Waals surface area contributed by atoms with E-state index in [9.17, 15) is 22.8 Å². The van der Waals surface area contributed by atoms with Crippen molar-refractivity contribution in [3.8, 4) is 0 Å². The molecule has 1 aliphatic heterocycles. The van der Waals surface area contributed by atoms with Crippen molar-refractivity contribution < 1.29 is 22.8 Å². The molecule has 0 saturated carbocycles. The molecule has 7 heteroatoms. The summed E-state index contributed by atoms with van der Waals surface area (Å²) in [6.45, 7) is 0.348. The van der Waals surface area contributed by atoms with Crippen molar-refractivity contribution in [2.45, 2.75) is 31.5 Å². The first-order valence-corrected chi connectivity index (χ1v) is 6.54. The summed E-state index contributed by atoms with van der Waals surface area (Å²) in [6.07, 6.45) is -3.81. The minimum atomic E-state index is -4.51. The summed E-state index contributed by atoms with van der Waals surface area (Å²) in [6, 6.07) is 4.23. The van der Waals surface area contributed by atoms with Gasteiger partial charge in [-0.2, -0.15) is 13.2 Å². The lowest BCUT2D eigenvalue weighted by Crippen LogP contribution is -2.44. The predicted molar refractivity (Wildman–Crippen MR) is 69.1 cm³/mol. The van der Waals surface area contributed by atoms with Gasteiger partial charge >= 0.3 is 6.18 Å². The Balaban J connectivity index is 2.19. The highest BCUT2D eigenvalue weighted by Gasteiger charge is 2.36. The van der Waals surface area contributed by atoms with E-state index < -0.39 is 29.6 Å². The lowest BCUT2D eigenvalue weighted by molar-refractivity contribution is -0.140. The van der Waals surface area contributed by atoms with E-state index >= 15 is 0 Å². The van der Waals surface area contributed by atoms with E-state index in [1.807, 2.05) is 0 Å². The molecule has 114 valence electrons. The number of likely N-dealkylation sites (tertiary alicyclic amines) is 1. The summed E-state index contributed by atoms with van der Waals surface area (Å²) in [4.78, 5) is 24.7. The first-order chi connectivity index (χ1) is 9.80. The van der Waals surface area contributed by atoms with Crippen LogP contribution in [0.5, 0.6) is 0 Å². The van der Waals surface area contributed by atoms with E-state index in [-0.39, 0.29) is 12.0 Å². The van der Waals surface area contributed by atoms with E-state index in [0.29, 0.717) is 19.4 Å². The van der Waals surface area contributed by atoms with Gasteiger partial charge in [-0.3, -0.25) is 9.59 Å². The number of carbonyl (C=O) groups excluding carboxylic acids is 2. The van der Waals surface area contributed by atoms with Crippen molar-refractivity contribution in [2.24, 2.45) is 5.73 Å². The fourth-order valence-corrected chi connectivity index (χ4v) is 2.58. The van der Waals surface area contributed by atoms with Crippen molar-refractivity contribution in [1.82, 2.24) is 4.90 Å². The van der Waals surface area contributed by atoms with Gasteiger partial charge in [-0.15, -0.1) is 0 Å². The molecule has 1 aromatic rings. The van der Waals surface area contributed by atoms with E-state index in [1.54, 1.807) is 0 Å². The van der Waals surface area contributed by atoms with Gasteiger partial charge in [-0.05, 0) is 24.5 Å². The first kappa shape index (κ1) is 15.3. The maximum absolute atomic E-state index is 12.9. The summed E-state index contributed by atoms with van der Waals surface area (Å²) in [5.74, 6) is -1.13. The topological polar surface area (TPSA) is 63.4 Å². The Bertz CT molecular complexity index is 557. The maximum atomic E-state index is 12.9. The Labute approximate surface area is 119 Å². The molecule has 0 unspecified atom stereocenters. The molecular weight excluding hydrogens is 285 g/mol. The van der Waals surface area contributed by atoms with Crippen molar-refractivity contribution in [3.63, 3.8) is 0 Å². The van der Waals surface area contributed by atoms with Gasteiger partial charge in [0, 0.05) is 6.54 Å². The Morgan fingerprint density at radius 2 is 1.95 bits per heavy atom. The van der Waals surface area contributed by atoms with Gasteiger partial charge in [-0.1, -0.05) is 18.2 Å². The molecule has 0 spiro atoms. The van der Waals surface area contributed by atoms with Gasteiger partial charge in [0.15, 0.2) is 0 Å². The molecule has 0 aliphatic carbocycles. The summed E-state index contributed by atoms with van der Waals surface area (Å²) in [5.41, 5.74) is 4.29. The number of nitrogens with zero attached hydrogens (tertiary/aromatic N) is 1. The second kappa shape index (κ2) is 5.75. The Morgan fingerprint density at radius 3 is 2.57 bits per heavy atom. The summed E-state index contributed by atoms with van der Waals surface area (Å²) in [7, 11) is 0. The van der Waals surface area contributed by atoms with Crippen LogP contribution in [-0.4, -0.2) is 29.3 Å². The molecule has 1 aromatic carbocycles. The monoisotopic (exact) mass is 300 g/mol. The molecule has 2 amide bonds. The number of primary amides is 1. The molecule has 2 rings (SSSR count). The zero-order valence-corrected chi connectivity index (χ0v) is 11.2. The van der Waals surface area contributed by atoms with Crippen molar-refractivity contribution in [3.05, 3.63) is 35.4 Å². The number of amides is 2. The summed E-state index contributed by atoms with van der Waals surface area (Å²) in [5, 5.41) is 0. The van der Waals surface area contributed by atoms with E-state index in [0.717, 1.165) is 6.07 Å². The molecule has 1 aliphatic rings. The number of hydrogen-bond donors (Lipinski definition) is 1. The Kier molecular flexibility index (Phi) is 4.20. The van der Waals surface area contributed by atoms with Gasteiger partial charge in [0.1, 0.15) is 6.04 Å². The van der Waals surface area contributed by atoms with Crippen LogP contribution in [0, 0.1) is 0 Å². The van der Waals surface area contributed by atoms with Crippen LogP contribution < -0.4 is 5.73 Å². The van der Waals surface area contributed by atoms with Crippen LogP contribution >= 0.6 is 0 Å². The largest absolute Gasteiger partial charge is 0.416 e. The zero-order chi connectivity index (χ0) is 15.6. The fraction of sp³-hybridized carbons (Fsp3) is 0.429. The standard InChI is InChI=1S/C14H15F3N2O2/c15-14(16,17)10-5-2-1-4-9(10)8-12(20)19-7-3-6-11(19)13(18)21/h1-2,4-5,11H,3,6-8H2,(H2,18,21)/t11-/m0/s1. The van der Waals surface area contributed by atoms with Gasteiger partial charge in [-0.25, -0.2) is 0 Å². The molecular formula is C14H15F3N2O2. The van der Waals surface area contributed by atoms with E-state index in [2.05, 4.69) is 0 Å². The van der Waals surface area contributed by atoms with Crippen molar-refractivity contribution in [2.75, 3.05) is 6.54 Å². The highest BCUT2D eigenvalue weighted by atomic mass is 19.4. The maximum Gasteiger partial charge on any atom is 0.416 e. The smallest absolute Gasteiger partial charge is 0.368 e. The van der Waals surface area contributed by atoms with E-state index in [4.69, 9.17) is 5.73 Å². The van der Waals surface area contributed by atoms with Crippen LogP contribution in [-0.2, 0) is 22.2 Å². The average molecular weight is 300 g/mol. The summed E-state index contributed by atoms with van der Waals surface area (Å²) < 4.78 is 38.6. The summed E-state index contributed by atoms with van der Waals surface area (Å²) >= 11 is 0. The molecule has 0 bridgehead atoms. The van der Waals surface area contributed by atoms with Crippen LogP contribution in [0.25, 0.3) is 0 Å². The third-order valence-electron chi connectivity index (χ3n) is 3.57. The molecule has 21 heavy (non-hydrogen) atoms. The van der Waals surface area contributed by atoms with Gasteiger partial charge in [0.05, 0.1) is 12.0 Å². The second-order valence-electron chi connectivity index (χ2n) is 4.98. The first-order valence-electron chi connectivity index (χ1n) is 6.54. The van der Waals surface area contributed by atoms with Crippen LogP contribution in [0.2, 0.25) is 0 Å². The lowest BCUT2D eigenvalue weighted by atomic mass is 10.0. The van der Waals surface area contributed by atoms with Crippen LogP contribution in [0.4, 0.5) is 13.2 Å². The number of hydrogen-bond acceptors (Lipinski definition) is 2. The van der Waals surface area contributed by atoms with Gasteiger partial charge in [0.25, 0.3) is 0 Å². The Hall–Kier alpha value is -2.05. The predicted octanol–water partition coefficient (Wildman–Crippen LogP) is 1.72. The number of rotatable bonds is 3. The fourth-order valence-electron chi connectivity index (χ4n) is 2.58. The molecule has 2 N–H and O–H groups in total. The second-order valence-corrected chi connectivity index (χ2v) is 4.98. The molecule has 0 radical (unpaired) electrons. The van der Waals surface area contributed by atoms with Crippen LogP contribution in [0.15, 0.2) is 24.3 Å². The highest BCUT2D eigenvalue weighted by molar-refractivity contribution is 5.88. The Morgan fingerprint density at radius 1 is 1.29 bits per heavy atom.